The number of nitrogens with zero attached hydrogens (tertiary/aromatic N) is 2. The van der Waals surface area contributed by atoms with Crippen molar-refractivity contribution in [3.63, 3.8) is 0 Å². The Labute approximate surface area is 186 Å². The van der Waals surface area contributed by atoms with Crippen molar-refractivity contribution in [2.45, 2.75) is 46.5 Å². The van der Waals surface area contributed by atoms with E-state index < -0.39 is 0 Å². The zero-order valence-electron chi connectivity index (χ0n) is 19.2. The van der Waals surface area contributed by atoms with Crippen LogP contribution in [0.25, 0.3) is 0 Å². The maximum atomic E-state index is 11.4. The van der Waals surface area contributed by atoms with Gasteiger partial charge in [-0.3, -0.25) is 4.79 Å². The average Bonchev–Trinajstić information content (AvgIpc) is 3.26. The van der Waals surface area contributed by atoms with Crippen molar-refractivity contribution < 1.29 is 14.3 Å². The molecule has 0 aliphatic carbocycles. The third kappa shape index (κ3) is 9.26. The van der Waals surface area contributed by atoms with Crippen LogP contribution in [-0.2, 0) is 4.79 Å². The second kappa shape index (κ2) is 13.5. The lowest BCUT2D eigenvalue weighted by Gasteiger charge is -2.16. The fourth-order valence-electron chi connectivity index (χ4n) is 3.32. The largest absolute Gasteiger partial charge is 0.493 e. The highest BCUT2D eigenvalue weighted by atomic mass is 16.5. The molecule has 2 N–H and O–H groups in total. The van der Waals surface area contributed by atoms with E-state index in [0.29, 0.717) is 29.6 Å². The van der Waals surface area contributed by atoms with Crippen LogP contribution in [0.5, 0.6) is 11.5 Å². The SMILES string of the molecule is CC/C=C/C(=C\N=C(/C)Nc1ccc(OC)c(OCCCN2CCCC2)c1)NC(C)=O. The van der Waals surface area contributed by atoms with Gasteiger partial charge < -0.3 is 25.0 Å². The highest BCUT2D eigenvalue weighted by molar-refractivity contribution is 5.94. The monoisotopic (exact) mass is 428 g/mol. The highest BCUT2D eigenvalue weighted by Crippen LogP contribution is 2.30. The van der Waals surface area contributed by atoms with Crippen LogP contribution in [0.2, 0.25) is 0 Å². The van der Waals surface area contributed by atoms with Crippen molar-refractivity contribution in [1.29, 1.82) is 0 Å². The summed E-state index contributed by atoms with van der Waals surface area (Å²) in [6.07, 6.45) is 9.93. The molecule has 170 valence electrons. The van der Waals surface area contributed by atoms with Crippen LogP contribution in [0.3, 0.4) is 0 Å². The summed E-state index contributed by atoms with van der Waals surface area (Å²) in [5, 5.41) is 6.03. The van der Waals surface area contributed by atoms with Gasteiger partial charge in [0.25, 0.3) is 0 Å². The van der Waals surface area contributed by atoms with Crippen molar-refractivity contribution >= 4 is 17.4 Å². The fraction of sp³-hybridized carbons (Fsp3) is 0.500. The van der Waals surface area contributed by atoms with E-state index in [1.165, 1.54) is 32.9 Å². The molecule has 2 rings (SSSR count). The third-order valence-electron chi connectivity index (χ3n) is 4.81. The molecule has 7 nitrogen and oxygen atoms in total. The van der Waals surface area contributed by atoms with E-state index in [9.17, 15) is 4.79 Å². The number of ether oxygens (including phenoxy) is 2. The lowest BCUT2D eigenvalue weighted by molar-refractivity contribution is -0.118. The molecule has 0 saturated carbocycles. The lowest BCUT2D eigenvalue weighted by atomic mass is 10.2. The number of amides is 1. The molecule has 0 aromatic heterocycles. The number of amidine groups is 1. The zero-order valence-corrected chi connectivity index (χ0v) is 19.2. The minimum absolute atomic E-state index is 0.130. The number of nitrogens with one attached hydrogen (secondary N) is 2. The van der Waals surface area contributed by atoms with Crippen LogP contribution in [-0.4, -0.2) is 50.0 Å². The molecule has 0 unspecified atom stereocenters. The molecule has 1 aliphatic heterocycles. The van der Waals surface area contributed by atoms with E-state index >= 15 is 0 Å². The first-order valence-electron chi connectivity index (χ1n) is 11.0. The minimum Gasteiger partial charge on any atom is -0.493 e. The molecule has 1 aromatic rings. The van der Waals surface area contributed by atoms with Gasteiger partial charge in [-0.05, 0) is 63.9 Å². The van der Waals surface area contributed by atoms with Gasteiger partial charge >= 0.3 is 0 Å². The first-order chi connectivity index (χ1) is 15.0. The number of allylic oxidation sites excluding steroid dienone is 2. The minimum atomic E-state index is -0.130. The van der Waals surface area contributed by atoms with E-state index in [-0.39, 0.29) is 5.91 Å². The number of carbonyl (C=O) groups excluding carboxylic acids is 1. The van der Waals surface area contributed by atoms with Crippen molar-refractivity contribution in [3.05, 3.63) is 42.2 Å². The summed E-state index contributed by atoms with van der Waals surface area (Å²) in [7, 11) is 1.64. The lowest BCUT2D eigenvalue weighted by Crippen LogP contribution is -2.22. The second-order valence-corrected chi connectivity index (χ2v) is 7.53. The average molecular weight is 429 g/mol. The van der Waals surface area contributed by atoms with E-state index in [2.05, 4.69) is 20.5 Å². The number of likely N-dealkylation sites (tertiary alicyclic amines) is 1. The van der Waals surface area contributed by atoms with Crippen LogP contribution >= 0.6 is 0 Å². The summed E-state index contributed by atoms with van der Waals surface area (Å²) < 4.78 is 11.4. The molecular weight excluding hydrogens is 392 g/mol. The summed E-state index contributed by atoms with van der Waals surface area (Å²) in [5.74, 6) is 1.98. The Balaban J connectivity index is 1.98. The molecule has 0 atom stereocenters. The van der Waals surface area contributed by atoms with Crippen LogP contribution < -0.4 is 20.1 Å². The molecule has 1 fully saturated rings. The van der Waals surface area contributed by atoms with Gasteiger partial charge in [-0.25, -0.2) is 4.99 Å². The van der Waals surface area contributed by atoms with E-state index in [1.807, 2.05) is 44.2 Å². The topological polar surface area (TPSA) is 75.2 Å². The zero-order chi connectivity index (χ0) is 22.5. The number of methoxy groups -OCH3 is 1. The molecule has 0 radical (unpaired) electrons. The van der Waals surface area contributed by atoms with Gasteiger partial charge in [0.05, 0.1) is 25.6 Å². The standard InChI is InChI=1S/C24H36N4O3/c1-5-6-10-22(27-20(3)29)18-25-19(2)26-21-11-12-23(30-4)24(17-21)31-16-9-15-28-13-7-8-14-28/h6,10-12,17-18H,5,7-9,13-16H2,1-4H3,(H,25,26)(H,27,29)/b10-6+,22-18+. The van der Waals surface area contributed by atoms with Gasteiger partial charge in [0, 0.05) is 25.2 Å². The molecule has 1 aromatic carbocycles. The van der Waals surface area contributed by atoms with Crippen LogP contribution in [0.15, 0.2) is 47.2 Å². The predicted octanol–water partition coefficient (Wildman–Crippen LogP) is 4.33. The first-order valence-corrected chi connectivity index (χ1v) is 11.0. The summed E-state index contributed by atoms with van der Waals surface area (Å²) in [5.41, 5.74) is 1.50. The molecule has 7 heteroatoms. The molecule has 0 bridgehead atoms. The smallest absolute Gasteiger partial charge is 0.221 e. The van der Waals surface area contributed by atoms with Gasteiger partial charge in [-0.2, -0.15) is 0 Å². The maximum Gasteiger partial charge on any atom is 0.221 e. The molecule has 1 amide bonds. The predicted molar refractivity (Wildman–Crippen MR) is 127 cm³/mol. The van der Waals surface area contributed by atoms with Crippen LogP contribution in [0.1, 0.15) is 46.5 Å². The summed E-state index contributed by atoms with van der Waals surface area (Å²) in [6, 6.07) is 5.72. The Bertz CT molecular complexity index is 796. The van der Waals surface area contributed by atoms with Crippen molar-refractivity contribution in [2.24, 2.45) is 4.99 Å². The first kappa shape index (κ1) is 24.5. The summed E-state index contributed by atoms with van der Waals surface area (Å²) in [6.45, 7) is 9.51. The normalized spacial score (nSPS) is 15.4. The van der Waals surface area contributed by atoms with Gasteiger partial charge in [0.1, 0.15) is 5.84 Å². The molecular formula is C24H36N4O3. The number of carbonyl (C=O) groups is 1. The Morgan fingerprint density at radius 1 is 1.23 bits per heavy atom. The van der Waals surface area contributed by atoms with Gasteiger partial charge in [-0.15, -0.1) is 0 Å². The molecule has 0 spiro atoms. The fourth-order valence-corrected chi connectivity index (χ4v) is 3.32. The van der Waals surface area contributed by atoms with Crippen molar-refractivity contribution in [1.82, 2.24) is 10.2 Å². The third-order valence-corrected chi connectivity index (χ3v) is 4.81. The van der Waals surface area contributed by atoms with Gasteiger partial charge in [-0.1, -0.05) is 13.0 Å². The van der Waals surface area contributed by atoms with Crippen molar-refractivity contribution in [2.75, 3.05) is 38.7 Å². The van der Waals surface area contributed by atoms with Crippen LogP contribution in [0, 0.1) is 0 Å². The number of anilines is 1. The molecule has 31 heavy (non-hydrogen) atoms. The Morgan fingerprint density at radius 3 is 2.68 bits per heavy atom. The number of aliphatic imine (C=N–C) groups is 1. The second-order valence-electron chi connectivity index (χ2n) is 7.53. The molecule has 1 heterocycles. The Hall–Kier alpha value is -2.80. The van der Waals surface area contributed by atoms with E-state index in [4.69, 9.17) is 9.47 Å². The van der Waals surface area contributed by atoms with E-state index in [0.717, 1.165) is 25.1 Å². The van der Waals surface area contributed by atoms with E-state index in [1.54, 1.807) is 13.3 Å². The Morgan fingerprint density at radius 2 is 2.00 bits per heavy atom. The van der Waals surface area contributed by atoms with Crippen molar-refractivity contribution in [3.8, 4) is 11.5 Å². The molecule has 1 aliphatic rings. The quantitative estimate of drug-likeness (QED) is 0.237. The van der Waals surface area contributed by atoms with Gasteiger partial charge in [0.15, 0.2) is 11.5 Å². The highest BCUT2D eigenvalue weighted by Gasteiger charge is 2.11. The maximum absolute atomic E-state index is 11.4. The van der Waals surface area contributed by atoms with Crippen LogP contribution in [0.4, 0.5) is 5.69 Å². The number of hydrogen-bond donors (Lipinski definition) is 2. The summed E-state index contributed by atoms with van der Waals surface area (Å²) >= 11 is 0. The summed E-state index contributed by atoms with van der Waals surface area (Å²) in [4.78, 5) is 18.3. The van der Waals surface area contributed by atoms with Gasteiger partial charge in [0.2, 0.25) is 5.91 Å². The number of benzene rings is 1. The number of hydrogen-bond acceptors (Lipinski definition) is 5. The molecule has 1 saturated heterocycles. The number of rotatable bonds is 11. The Kier molecular flexibility index (Phi) is 10.6.